The van der Waals surface area contributed by atoms with Crippen LogP contribution in [0.15, 0.2) is 230 Å². The molecule has 0 fully saturated rings. The summed E-state index contributed by atoms with van der Waals surface area (Å²) < 4.78 is 191. The number of nitrogens with zero attached hydrogens (tertiary/aromatic N) is 4. The predicted octanol–water partition coefficient (Wildman–Crippen LogP) is 23.1. The molecule has 14 aromatic rings. The zero-order chi connectivity index (χ0) is 81.8. The second kappa shape index (κ2) is 23.3. The standard InChI is InChI=1S/C90H78N4O.Pt/c1-56-25-23-26-57(2)84(56)77-49-65(88(6,7)8)48-76-74-54-79-78(89(9,10)40-41-90(79,11)12)53-73(74)69-33-19-20-34-70(69)75-46-63(62-44-60(58-27-15-13-16-28-58)43-61(45-62)59-29-17-14-18-30-59)47-82-86(75)93(85(76)77)55-92(82)66-31-24-32-67(51-66)95-68-37-38-72-71-35-21-22-36-80(71)94(81(72)52-68)83-50-64(39-42-91-83)87(3,4)5;/h13-39,42-50,53-54H,40-41H2,1-12H3;/q-2;/i1D3,2D3,13D,14D,15D,16D,17D,18D,27D,28D,29D,30D,43D,44D,45D;. The molecule has 16 rings (SSSR count). The average Bonchev–Trinajstić information content (AvgIpc) is 1.66. The fourth-order valence-electron chi connectivity index (χ4n) is 14.0. The van der Waals surface area contributed by atoms with Crippen LogP contribution in [0.25, 0.3) is 128 Å². The Morgan fingerprint density at radius 2 is 1.09 bits per heavy atom. The van der Waals surface area contributed by atoms with Gasteiger partial charge in [-0.1, -0.05) is 220 Å². The minimum Gasteiger partial charge on any atom is -0.510 e. The van der Waals surface area contributed by atoms with Crippen LogP contribution >= 0.6 is 0 Å². The van der Waals surface area contributed by atoms with Crippen LogP contribution < -0.4 is 9.30 Å². The number of pyridine rings is 1. The molecule has 476 valence electrons. The Bertz CT molecular complexity index is 6330. The maximum absolute atomic E-state index is 10.6. The molecule has 0 saturated heterocycles. The number of aryl methyl sites for hydroxylation is 2. The maximum atomic E-state index is 10.6. The van der Waals surface area contributed by atoms with Crippen molar-refractivity contribution in [1.29, 1.82) is 0 Å². The summed E-state index contributed by atoms with van der Waals surface area (Å²) in [5, 5.41) is 1.85. The van der Waals surface area contributed by atoms with Crippen molar-refractivity contribution in [2.45, 2.75) is 117 Å². The van der Waals surface area contributed by atoms with Crippen LogP contribution in [0.3, 0.4) is 0 Å². The van der Waals surface area contributed by atoms with E-state index in [0.717, 1.165) is 56.9 Å². The van der Waals surface area contributed by atoms with Gasteiger partial charge < -0.3 is 13.9 Å². The molecule has 0 amide bonds. The summed E-state index contributed by atoms with van der Waals surface area (Å²) >= 11 is 0. The van der Waals surface area contributed by atoms with E-state index >= 15 is 0 Å². The Balaban J connectivity index is 0.0000104. The predicted molar refractivity (Wildman–Crippen MR) is 394 cm³/mol. The molecule has 1 aliphatic heterocycles. The van der Waals surface area contributed by atoms with Gasteiger partial charge in [0.2, 0.25) is 0 Å². The van der Waals surface area contributed by atoms with Gasteiger partial charge in [-0.25, -0.2) is 4.98 Å². The number of hydrogen-bond acceptors (Lipinski definition) is 2. The molecular weight excluding hydrogens is 1350 g/mol. The van der Waals surface area contributed by atoms with Gasteiger partial charge in [0.1, 0.15) is 5.82 Å². The van der Waals surface area contributed by atoms with Gasteiger partial charge >= 0.3 is 0 Å². The summed E-state index contributed by atoms with van der Waals surface area (Å²) in [4.78, 5) is 4.89. The summed E-state index contributed by atoms with van der Waals surface area (Å²) in [6.45, 7) is 15.6. The molecule has 96 heavy (non-hydrogen) atoms. The first-order valence-corrected chi connectivity index (χ1v) is 32.1. The molecule has 4 heterocycles. The number of fused-ring (bicyclic) bond motifs is 11. The Hall–Kier alpha value is -9.67. The number of benzene rings is 11. The second-order valence-corrected chi connectivity index (χ2v) is 28.4. The third-order valence-corrected chi connectivity index (χ3v) is 19.2. The molecular formula is C90H78N4OPt-2. The molecule has 0 unspecified atom stereocenters. The zero-order valence-corrected chi connectivity index (χ0v) is 57.1. The average molecular weight is 1450 g/mol. The van der Waals surface area contributed by atoms with Crippen LogP contribution in [0.4, 0.5) is 0 Å². The third-order valence-electron chi connectivity index (χ3n) is 19.2. The Morgan fingerprint density at radius 1 is 0.510 bits per heavy atom. The molecule has 0 spiro atoms. The molecule has 5 nitrogen and oxygen atoms in total. The number of rotatable bonds is 8. The van der Waals surface area contributed by atoms with Crippen molar-refractivity contribution in [3.63, 3.8) is 0 Å². The van der Waals surface area contributed by atoms with E-state index in [9.17, 15) is 17.8 Å². The topological polar surface area (TPSA) is 35.9 Å². The van der Waals surface area contributed by atoms with Gasteiger partial charge in [0.05, 0.1) is 34.5 Å². The maximum Gasteiger partial charge on any atom is 0.268 e. The van der Waals surface area contributed by atoms with Crippen molar-refractivity contribution in [3.8, 4) is 107 Å². The number of ether oxygens (including phenoxy) is 1. The number of aromatic nitrogens is 4. The smallest absolute Gasteiger partial charge is 0.268 e. The Morgan fingerprint density at radius 3 is 1.74 bits per heavy atom. The van der Waals surface area contributed by atoms with Crippen LogP contribution in [-0.2, 0) is 42.7 Å². The van der Waals surface area contributed by atoms with E-state index < -0.39 is 125 Å². The van der Waals surface area contributed by atoms with Crippen molar-refractivity contribution >= 4 is 32.8 Å². The summed E-state index contributed by atoms with van der Waals surface area (Å²) in [5.41, 5.74) is 5.54. The Labute approximate surface area is 606 Å². The van der Waals surface area contributed by atoms with Gasteiger partial charge in [-0.05, 0) is 219 Å². The van der Waals surface area contributed by atoms with E-state index in [2.05, 4.69) is 95.8 Å². The minimum absolute atomic E-state index is 0. The molecule has 0 atom stereocenters. The molecule has 3 aromatic heterocycles. The van der Waals surface area contributed by atoms with E-state index in [1.54, 1.807) is 41.1 Å². The summed E-state index contributed by atoms with van der Waals surface area (Å²) in [7, 11) is 0. The SMILES string of the molecule is [2H]c1c([2H])c([2H])c(-c2c([2H])c(-c3cc4c5c(c3)n(-c3[c-]c(Oc6[c-]c7c(cc6)c6ccccc6n7-c6cc(C(C)(C)C)ccn6)ccc3)[c-][n+]5-c3c(cc(C(C)(C)C)cc3-c3c(C([2H])([2H])[2H])cccc3C([2H])([2H])[2H])-c3cc5c(cc3-c3ccccc3-4)C(C)(C)CCC5(C)C)c([2H])c(-c3c([2H])c([2H])c([2H])c([2H])c3[2H])c2[2H])c([2H])c1[2H].[Pt]. The van der Waals surface area contributed by atoms with E-state index in [1.807, 2.05) is 98.1 Å². The van der Waals surface area contributed by atoms with Crippen LogP contribution in [0, 0.1) is 32.2 Å². The third kappa shape index (κ3) is 10.7. The fourth-order valence-corrected chi connectivity index (χ4v) is 14.0. The molecule has 0 bridgehead atoms. The van der Waals surface area contributed by atoms with Crippen LogP contribution in [0.1, 0.15) is 142 Å². The number of para-hydroxylation sites is 1. The molecule has 1 aliphatic carbocycles. The quantitative estimate of drug-likeness (QED) is 0.112. The molecule has 0 N–H and O–H groups in total. The first kappa shape index (κ1) is 44.1. The first-order chi connectivity index (χ1) is 53.5. The van der Waals surface area contributed by atoms with Gasteiger partial charge in [0.25, 0.3) is 6.33 Å². The Kier molecular flexibility index (Phi) is 10.7. The van der Waals surface area contributed by atoms with Crippen molar-refractivity contribution < 1.29 is 56.4 Å². The number of imidazole rings is 1. The van der Waals surface area contributed by atoms with Gasteiger partial charge in [-0.2, -0.15) is 18.2 Å². The van der Waals surface area contributed by atoms with Crippen LogP contribution in [-0.4, -0.2) is 14.1 Å². The summed E-state index contributed by atoms with van der Waals surface area (Å²) in [6, 6.07) is 41.8. The van der Waals surface area contributed by atoms with Crippen LogP contribution in [0.5, 0.6) is 11.5 Å². The summed E-state index contributed by atoms with van der Waals surface area (Å²) in [5.74, 6) is 1.17. The van der Waals surface area contributed by atoms with Crippen LogP contribution in [0.2, 0.25) is 0 Å². The van der Waals surface area contributed by atoms with E-state index in [1.165, 1.54) is 18.2 Å². The normalized spacial score (nSPS) is 16.9. The minimum atomic E-state index is -2.91. The molecule has 0 radical (unpaired) electrons. The van der Waals surface area contributed by atoms with Gasteiger partial charge in [-0.15, -0.1) is 29.7 Å². The van der Waals surface area contributed by atoms with Gasteiger partial charge in [0.15, 0.2) is 0 Å². The van der Waals surface area contributed by atoms with Crippen molar-refractivity contribution in [3.05, 3.63) is 282 Å². The van der Waals surface area contributed by atoms with E-state index in [0.29, 0.717) is 56.1 Å². The molecule has 11 aromatic carbocycles. The largest absolute Gasteiger partial charge is 0.510 e. The van der Waals surface area contributed by atoms with Gasteiger partial charge in [0, 0.05) is 52.5 Å². The van der Waals surface area contributed by atoms with E-state index in [-0.39, 0.29) is 82.2 Å². The fraction of sp³-hybridized carbons (Fsp3) is 0.200. The number of hydrogen-bond donors (Lipinski definition) is 0. The van der Waals surface area contributed by atoms with E-state index in [4.69, 9.17) is 17.9 Å². The molecule has 2 aliphatic rings. The molecule has 0 saturated carbocycles. The van der Waals surface area contributed by atoms with Gasteiger partial charge in [-0.3, -0.25) is 4.57 Å². The zero-order valence-electron chi connectivity index (χ0n) is 73.9. The molecule has 6 heteroatoms. The van der Waals surface area contributed by atoms with Crippen molar-refractivity contribution in [2.75, 3.05) is 0 Å². The second-order valence-electron chi connectivity index (χ2n) is 28.4. The monoisotopic (exact) mass is 1440 g/mol. The first-order valence-electron chi connectivity index (χ1n) is 41.6. The summed E-state index contributed by atoms with van der Waals surface area (Å²) in [6.07, 6.45) is 7.23. The van der Waals surface area contributed by atoms with Crippen molar-refractivity contribution in [2.24, 2.45) is 0 Å². The van der Waals surface area contributed by atoms with Crippen molar-refractivity contribution in [1.82, 2.24) is 14.1 Å².